The highest BCUT2D eigenvalue weighted by atomic mass is 15.3. The molecule has 1 aromatic heterocycles. The lowest BCUT2D eigenvalue weighted by molar-refractivity contribution is 0.260. The van der Waals surface area contributed by atoms with Crippen LogP contribution in [-0.2, 0) is 6.42 Å². The minimum Gasteiger partial charge on any atom is -0.369 e. The highest BCUT2D eigenvalue weighted by Crippen LogP contribution is 2.21. The lowest BCUT2D eigenvalue weighted by atomic mass is 10.1. The molecule has 0 bridgehead atoms. The quantitative estimate of drug-likeness (QED) is 0.722. The van der Waals surface area contributed by atoms with E-state index in [1.54, 1.807) is 0 Å². The van der Waals surface area contributed by atoms with Crippen LogP contribution in [0.3, 0.4) is 0 Å². The van der Waals surface area contributed by atoms with Gasteiger partial charge in [-0.05, 0) is 30.7 Å². The van der Waals surface area contributed by atoms with Crippen LogP contribution in [0.25, 0.3) is 10.9 Å². The molecule has 1 aliphatic heterocycles. The van der Waals surface area contributed by atoms with Gasteiger partial charge in [0.05, 0.1) is 5.52 Å². The van der Waals surface area contributed by atoms with Gasteiger partial charge in [-0.2, -0.15) is 0 Å². The van der Waals surface area contributed by atoms with E-state index in [1.165, 1.54) is 22.3 Å². The molecule has 1 saturated heterocycles. The zero-order chi connectivity index (χ0) is 17.1. The number of rotatable bonds is 4. The predicted octanol–water partition coefficient (Wildman–Crippen LogP) is 3.91. The number of aromatic nitrogens is 1. The van der Waals surface area contributed by atoms with E-state index in [2.05, 4.69) is 77.4 Å². The molecule has 0 atom stereocenters. The number of aryl methyl sites for hydroxylation is 1. The van der Waals surface area contributed by atoms with Crippen LogP contribution >= 0.6 is 0 Å². The molecule has 1 aliphatic rings. The molecule has 3 nitrogen and oxygen atoms in total. The van der Waals surface area contributed by atoms with Crippen molar-refractivity contribution >= 4 is 16.6 Å². The summed E-state index contributed by atoms with van der Waals surface area (Å²) in [6, 6.07) is 21.4. The van der Waals surface area contributed by atoms with Crippen LogP contribution in [0.15, 0.2) is 60.7 Å². The minimum atomic E-state index is 1.02. The van der Waals surface area contributed by atoms with Crippen LogP contribution in [0, 0.1) is 6.92 Å². The standard InChI is InChI=1S/C22H25N3/c1-18-6-2-5-9-22(18)25-16-14-24(15-17-25)13-12-20-11-10-19-7-3-4-8-21(19)23-20/h2-11H,12-17H2,1H3. The molecule has 25 heavy (non-hydrogen) atoms. The van der Waals surface area contributed by atoms with Crippen molar-refractivity contribution in [2.24, 2.45) is 0 Å². The third kappa shape index (κ3) is 3.67. The van der Waals surface area contributed by atoms with Gasteiger partial charge < -0.3 is 4.90 Å². The summed E-state index contributed by atoms with van der Waals surface area (Å²) < 4.78 is 0. The molecular formula is C22H25N3. The Morgan fingerprint density at radius 3 is 2.44 bits per heavy atom. The first-order chi connectivity index (χ1) is 12.3. The highest BCUT2D eigenvalue weighted by molar-refractivity contribution is 5.78. The molecular weight excluding hydrogens is 306 g/mol. The summed E-state index contributed by atoms with van der Waals surface area (Å²) in [7, 11) is 0. The Bertz CT molecular complexity index is 851. The number of hydrogen-bond acceptors (Lipinski definition) is 3. The van der Waals surface area contributed by atoms with E-state index >= 15 is 0 Å². The van der Waals surface area contributed by atoms with E-state index in [-0.39, 0.29) is 0 Å². The Balaban J connectivity index is 1.33. The molecule has 4 rings (SSSR count). The highest BCUT2D eigenvalue weighted by Gasteiger charge is 2.18. The van der Waals surface area contributed by atoms with Gasteiger partial charge in [0.25, 0.3) is 0 Å². The summed E-state index contributed by atoms with van der Waals surface area (Å²) in [4.78, 5) is 9.87. The Hall–Kier alpha value is -2.39. The summed E-state index contributed by atoms with van der Waals surface area (Å²) in [5, 5.41) is 1.22. The third-order valence-corrected chi connectivity index (χ3v) is 5.17. The molecule has 0 radical (unpaired) electrons. The summed E-state index contributed by atoms with van der Waals surface area (Å²) >= 11 is 0. The van der Waals surface area contributed by atoms with Gasteiger partial charge in [0.15, 0.2) is 0 Å². The fourth-order valence-electron chi connectivity index (χ4n) is 3.65. The van der Waals surface area contributed by atoms with Crippen LogP contribution in [-0.4, -0.2) is 42.6 Å². The lowest BCUT2D eigenvalue weighted by Crippen LogP contribution is -2.47. The second-order valence-corrected chi connectivity index (χ2v) is 6.86. The fourth-order valence-corrected chi connectivity index (χ4v) is 3.65. The second kappa shape index (κ2) is 7.24. The fraction of sp³-hybridized carbons (Fsp3) is 0.318. The summed E-state index contributed by atoms with van der Waals surface area (Å²) in [5.41, 5.74) is 5.05. The monoisotopic (exact) mass is 331 g/mol. The van der Waals surface area contributed by atoms with Crippen molar-refractivity contribution in [1.29, 1.82) is 0 Å². The largest absolute Gasteiger partial charge is 0.369 e. The van der Waals surface area contributed by atoms with E-state index in [1.807, 2.05) is 0 Å². The van der Waals surface area contributed by atoms with Crippen LogP contribution in [0.5, 0.6) is 0 Å². The first kappa shape index (κ1) is 16.1. The number of pyridine rings is 1. The van der Waals surface area contributed by atoms with Crippen molar-refractivity contribution in [3.05, 3.63) is 71.9 Å². The maximum atomic E-state index is 4.80. The van der Waals surface area contributed by atoms with Crippen molar-refractivity contribution in [2.45, 2.75) is 13.3 Å². The van der Waals surface area contributed by atoms with Gasteiger partial charge in [0.1, 0.15) is 0 Å². The minimum absolute atomic E-state index is 1.02. The van der Waals surface area contributed by atoms with E-state index in [4.69, 9.17) is 4.98 Å². The number of hydrogen-bond donors (Lipinski definition) is 0. The van der Waals surface area contributed by atoms with Crippen molar-refractivity contribution in [2.75, 3.05) is 37.6 Å². The number of nitrogens with zero attached hydrogens (tertiary/aromatic N) is 3. The average Bonchev–Trinajstić information content (AvgIpc) is 2.67. The van der Waals surface area contributed by atoms with Gasteiger partial charge in [-0.3, -0.25) is 9.88 Å². The predicted molar refractivity (Wildman–Crippen MR) is 105 cm³/mol. The average molecular weight is 331 g/mol. The Labute approximate surface area is 149 Å². The van der Waals surface area contributed by atoms with Crippen molar-refractivity contribution < 1.29 is 0 Å². The smallest absolute Gasteiger partial charge is 0.0705 e. The SMILES string of the molecule is Cc1ccccc1N1CCN(CCc2ccc3ccccc3n2)CC1. The molecule has 1 fully saturated rings. The van der Waals surface area contributed by atoms with E-state index in [9.17, 15) is 0 Å². The summed E-state index contributed by atoms with van der Waals surface area (Å²) in [6.07, 6.45) is 1.02. The van der Waals surface area contributed by atoms with Gasteiger partial charge in [0.2, 0.25) is 0 Å². The molecule has 2 aromatic carbocycles. The molecule has 0 saturated carbocycles. The van der Waals surface area contributed by atoms with Crippen molar-refractivity contribution in [1.82, 2.24) is 9.88 Å². The second-order valence-electron chi connectivity index (χ2n) is 6.86. The number of anilines is 1. The number of benzene rings is 2. The Morgan fingerprint density at radius 1 is 0.840 bits per heavy atom. The molecule has 3 heteroatoms. The van der Waals surface area contributed by atoms with Gasteiger partial charge in [-0.25, -0.2) is 0 Å². The molecule has 128 valence electrons. The molecule has 0 amide bonds. The van der Waals surface area contributed by atoms with E-state index in [0.717, 1.165) is 44.7 Å². The lowest BCUT2D eigenvalue weighted by Gasteiger charge is -2.36. The zero-order valence-electron chi connectivity index (χ0n) is 14.9. The van der Waals surface area contributed by atoms with E-state index < -0.39 is 0 Å². The summed E-state index contributed by atoms with van der Waals surface area (Å²) in [5.74, 6) is 0. The molecule has 0 spiro atoms. The number of fused-ring (bicyclic) bond motifs is 1. The third-order valence-electron chi connectivity index (χ3n) is 5.17. The molecule has 2 heterocycles. The molecule has 0 aliphatic carbocycles. The normalized spacial score (nSPS) is 15.6. The van der Waals surface area contributed by atoms with Crippen LogP contribution in [0.2, 0.25) is 0 Å². The van der Waals surface area contributed by atoms with Gasteiger partial charge in [-0.1, -0.05) is 42.5 Å². The number of piperazine rings is 1. The van der Waals surface area contributed by atoms with Crippen molar-refractivity contribution in [3.8, 4) is 0 Å². The molecule has 0 unspecified atom stereocenters. The maximum Gasteiger partial charge on any atom is 0.0705 e. The first-order valence-electron chi connectivity index (χ1n) is 9.17. The van der Waals surface area contributed by atoms with Gasteiger partial charge >= 0.3 is 0 Å². The van der Waals surface area contributed by atoms with Crippen molar-refractivity contribution in [3.63, 3.8) is 0 Å². The van der Waals surface area contributed by atoms with Gasteiger partial charge in [-0.15, -0.1) is 0 Å². The number of para-hydroxylation sites is 2. The van der Waals surface area contributed by atoms with Crippen LogP contribution < -0.4 is 4.90 Å². The van der Waals surface area contributed by atoms with E-state index in [0.29, 0.717) is 0 Å². The summed E-state index contributed by atoms with van der Waals surface area (Å²) in [6.45, 7) is 7.76. The first-order valence-corrected chi connectivity index (χ1v) is 9.17. The van der Waals surface area contributed by atoms with Crippen LogP contribution in [0.1, 0.15) is 11.3 Å². The molecule has 3 aromatic rings. The van der Waals surface area contributed by atoms with Crippen LogP contribution in [0.4, 0.5) is 5.69 Å². The Kier molecular flexibility index (Phi) is 4.66. The topological polar surface area (TPSA) is 19.4 Å². The maximum absolute atomic E-state index is 4.80. The molecule has 0 N–H and O–H groups in total. The van der Waals surface area contributed by atoms with Gasteiger partial charge in [0, 0.05) is 55.9 Å². The Morgan fingerprint density at radius 2 is 1.60 bits per heavy atom. The zero-order valence-corrected chi connectivity index (χ0v) is 14.9.